The summed E-state index contributed by atoms with van der Waals surface area (Å²) in [7, 11) is 0. The lowest BCUT2D eigenvalue weighted by atomic mass is 10.2. The Morgan fingerprint density at radius 2 is 2.00 bits per heavy atom. The molecule has 1 rings (SSSR count). The van der Waals surface area contributed by atoms with Gasteiger partial charge in [-0.15, -0.1) is 0 Å². The van der Waals surface area contributed by atoms with E-state index >= 15 is 0 Å². The molecule has 0 fully saturated rings. The Morgan fingerprint density at radius 3 is 2.50 bits per heavy atom. The third kappa shape index (κ3) is 2.38. The predicted octanol–water partition coefficient (Wildman–Crippen LogP) is 1.74. The second-order valence-electron chi connectivity index (χ2n) is 2.40. The molecule has 0 saturated carbocycles. The Hall–Kier alpha value is -1.31. The van der Waals surface area contributed by atoms with Crippen molar-refractivity contribution < 1.29 is 9.53 Å². The minimum absolute atomic E-state index is 0.354. The van der Waals surface area contributed by atoms with Gasteiger partial charge in [-0.2, -0.15) is 0 Å². The summed E-state index contributed by atoms with van der Waals surface area (Å²) >= 11 is 0. The standard InChI is InChI=1S/C10H11O2/c1-2-12-10-5-3-9(4-6-10)7-8-11/h3-6H,2,7H2,1H3. The molecule has 0 aromatic heterocycles. The van der Waals surface area contributed by atoms with Gasteiger partial charge in [0.2, 0.25) is 6.29 Å². The van der Waals surface area contributed by atoms with Gasteiger partial charge in [0.25, 0.3) is 0 Å². The number of ether oxygens (including phenoxy) is 1. The fourth-order valence-electron chi connectivity index (χ4n) is 0.954. The molecule has 1 aromatic rings. The van der Waals surface area contributed by atoms with Crippen LogP contribution in [0.1, 0.15) is 12.5 Å². The highest BCUT2D eigenvalue weighted by molar-refractivity contribution is 5.55. The van der Waals surface area contributed by atoms with Crippen molar-refractivity contribution in [2.75, 3.05) is 6.61 Å². The summed E-state index contributed by atoms with van der Waals surface area (Å²) in [5.74, 6) is 0.840. The predicted molar refractivity (Wildman–Crippen MR) is 47.0 cm³/mol. The van der Waals surface area contributed by atoms with Crippen LogP contribution in [0.2, 0.25) is 0 Å². The van der Waals surface area contributed by atoms with Crippen LogP contribution in [-0.2, 0) is 11.2 Å². The molecule has 0 saturated heterocycles. The first kappa shape index (κ1) is 8.78. The Balaban J connectivity index is 2.64. The number of rotatable bonds is 4. The summed E-state index contributed by atoms with van der Waals surface area (Å²) in [4.78, 5) is 10.0. The highest BCUT2D eigenvalue weighted by Crippen LogP contribution is 2.11. The van der Waals surface area contributed by atoms with Crippen molar-refractivity contribution in [1.29, 1.82) is 0 Å². The molecule has 0 atom stereocenters. The minimum atomic E-state index is 0.354. The first-order valence-electron chi connectivity index (χ1n) is 3.93. The molecule has 0 amide bonds. The van der Waals surface area contributed by atoms with Gasteiger partial charge in [0.15, 0.2) is 0 Å². The molecule has 0 unspecified atom stereocenters. The maximum atomic E-state index is 10.0. The molecule has 12 heavy (non-hydrogen) atoms. The largest absolute Gasteiger partial charge is 0.494 e. The van der Waals surface area contributed by atoms with Crippen LogP contribution in [0.25, 0.3) is 0 Å². The van der Waals surface area contributed by atoms with E-state index in [1.807, 2.05) is 37.5 Å². The molecule has 0 N–H and O–H groups in total. The Bertz CT molecular complexity index is 239. The normalized spacial score (nSPS) is 9.42. The van der Waals surface area contributed by atoms with Crippen molar-refractivity contribution in [3.63, 3.8) is 0 Å². The number of benzene rings is 1. The molecular weight excluding hydrogens is 152 g/mol. The molecule has 0 spiro atoms. The van der Waals surface area contributed by atoms with E-state index in [0.717, 1.165) is 11.3 Å². The van der Waals surface area contributed by atoms with E-state index in [0.29, 0.717) is 13.0 Å². The number of hydrogen-bond donors (Lipinski definition) is 0. The molecule has 0 aliphatic heterocycles. The van der Waals surface area contributed by atoms with Crippen LogP contribution in [0.5, 0.6) is 5.75 Å². The molecule has 0 aliphatic rings. The van der Waals surface area contributed by atoms with Crippen molar-refractivity contribution in [3.05, 3.63) is 29.8 Å². The van der Waals surface area contributed by atoms with Crippen LogP contribution in [0, 0.1) is 0 Å². The van der Waals surface area contributed by atoms with Crippen LogP contribution in [0.4, 0.5) is 0 Å². The van der Waals surface area contributed by atoms with Crippen molar-refractivity contribution in [3.8, 4) is 5.75 Å². The van der Waals surface area contributed by atoms with E-state index in [4.69, 9.17) is 4.74 Å². The van der Waals surface area contributed by atoms with Gasteiger partial charge in [-0.25, -0.2) is 0 Å². The first-order chi connectivity index (χ1) is 5.86. The average Bonchev–Trinajstić information content (AvgIpc) is 2.09. The van der Waals surface area contributed by atoms with E-state index in [1.54, 1.807) is 0 Å². The van der Waals surface area contributed by atoms with E-state index < -0.39 is 0 Å². The SMILES string of the molecule is CCOc1ccc(C[C]=O)cc1. The van der Waals surface area contributed by atoms with E-state index in [9.17, 15) is 4.79 Å². The molecule has 2 nitrogen and oxygen atoms in total. The lowest BCUT2D eigenvalue weighted by molar-refractivity contribution is 0.340. The maximum absolute atomic E-state index is 10.0. The van der Waals surface area contributed by atoms with E-state index in [1.165, 1.54) is 0 Å². The maximum Gasteiger partial charge on any atom is 0.203 e. The van der Waals surface area contributed by atoms with Gasteiger partial charge >= 0.3 is 0 Å². The molecule has 1 radical (unpaired) electrons. The highest BCUT2D eigenvalue weighted by atomic mass is 16.5. The zero-order valence-electron chi connectivity index (χ0n) is 7.04. The summed E-state index contributed by atoms with van der Waals surface area (Å²) in [5.41, 5.74) is 0.966. The average molecular weight is 163 g/mol. The Morgan fingerprint density at radius 1 is 1.33 bits per heavy atom. The van der Waals surface area contributed by atoms with Gasteiger partial charge in [0.1, 0.15) is 5.75 Å². The van der Waals surface area contributed by atoms with E-state index in [-0.39, 0.29) is 0 Å². The van der Waals surface area contributed by atoms with Crippen molar-refractivity contribution >= 4 is 6.29 Å². The topological polar surface area (TPSA) is 26.3 Å². The van der Waals surface area contributed by atoms with Crippen LogP contribution in [0.15, 0.2) is 24.3 Å². The molecular formula is C10H11O2. The second kappa shape index (κ2) is 4.54. The van der Waals surface area contributed by atoms with Crippen LogP contribution in [-0.4, -0.2) is 12.9 Å². The molecule has 63 valence electrons. The van der Waals surface area contributed by atoms with Gasteiger partial charge in [-0.3, -0.25) is 4.79 Å². The summed E-state index contributed by atoms with van der Waals surface area (Å²) < 4.78 is 5.24. The molecule has 0 aliphatic carbocycles. The quantitative estimate of drug-likeness (QED) is 0.675. The molecule has 0 heterocycles. The van der Waals surface area contributed by atoms with Gasteiger partial charge in [-0.1, -0.05) is 12.1 Å². The monoisotopic (exact) mass is 163 g/mol. The Labute approximate surface area is 72.2 Å². The fraction of sp³-hybridized carbons (Fsp3) is 0.300. The lowest BCUT2D eigenvalue weighted by Crippen LogP contribution is -1.91. The second-order valence-corrected chi connectivity index (χ2v) is 2.40. The van der Waals surface area contributed by atoms with Gasteiger partial charge in [0, 0.05) is 6.42 Å². The molecule has 0 bridgehead atoms. The van der Waals surface area contributed by atoms with Gasteiger partial charge in [-0.05, 0) is 24.6 Å². The zero-order chi connectivity index (χ0) is 8.81. The van der Waals surface area contributed by atoms with Crippen molar-refractivity contribution in [2.45, 2.75) is 13.3 Å². The zero-order valence-corrected chi connectivity index (χ0v) is 7.04. The summed E-state index contributed by atoms with van der Waals surface area (Å²) in [6.07, 6.45) is 2.20. The number of carbonyl (C=O) groups excluding carboxylic acids is 1. The fourth-order valence-corrected chi connectivity index (χ4v) is 0.954. The van der Waals surface area contributed by atoms with Crippen molar-refractivity contribution in [2.24, 2.45) is 0 Å². The number of hydrogen-bond acceptors (Lipinski definition) is 2. The smallest absolute Gasteiger partial charge is 0.203 e. The summed E-state index contributed by atoms with van der Waals surface area (Å²) in [5, 5.41) is 0. The van der Waals surface area contributed by atoms with Crippen molar-refractivity contribution in [1.82, 2.24) is 0 Å². The molecule has 1 aromatic carbocycles. The third-order valence-electron chi connectivity index (χ3n) is 1.51. The minimum Gasteiger partial charge on any atom is -0.494 e. The van der Waals surface area contributed by atoms with Crippen LogP contribution < -0.4 is 4.74 Å². The third-order valence-corrected chi connectivity index (χ3v) is 1.51. The first-order valence-corrected chi connectivity index (χ1v) is 3.93. The summed E-state index contributed by atoms with van der Waals surface area (Å²) in [6.45, 7) is 2.60. The highest BCUT2D eigenvalue weighted by Gasteiger charge is 1.93. The Kier molecular flexibility index (Phi) is 3.33. The van der Waals surface area contributed by atoms with Gasteiger partial charge in [0.05, 0.1) is 6.61 Å². The molecule has 2 heteroatoms. The van der Waals surface area contributed by atoms with Gasteiger partial charge < -0.3 is 4.74 Å². The summed E-state index contributed by atoms with van der Waals surface area (Å²) in [6, 6.07) is 7.46. The van der Waals surface area contributed by atoms with Crippen LogP contribution >= 0.6 is 0 Å². The lowest BCUT2D eigenvalue weighted by Gasteiger charge is -2.02. The van der Waals surface area contributed by atoms with Crippen LogP contribution in [0.3, 0.4) is 0 Å². The van der Waals surface area contributed by atoms with E-state index in [2.05, 4.69) is 0 Å².